The molecule has 0 bridgehead atoms. The van der Waals surface area contributed by atoms with E-state index in [0.717, 1.165) is 49.0 Å². The van der Waals surface area contributed by atoms with Crippen molar-refractivity contribution in [2.24, 2.45) is 4.99 Å². The Bertz CT molecular complexity index is 587. The zero-order valence-electron chi connectivity index (χ0n) is 17.7. The van der Waals surface area contributed by atoms with E-state index in [4.69, 9.17) is 18.9 Å². The zero-order valence-corrected chi connectivity index (χ0v) is 20.0. The van der Waals surface area contributed by atoms with Gasteiger partial charge in [0, 0.05) is 45.0 Å². The standard InChI is InChI=1S/C21H35N3O4.HI/c1-3-4-5-10-22-21(23-11-6-12-26-16-15-25-2)24-18-8-9-19-20(17-18)28-14-7-13-27-19;/h8-9,17H,3-7,10-16H2,1-2H3,(H2,22,23,24);1H. The van der Waals surface area contributed by atoms with Crippen molar-refractivity contribution in [2.45, 2.75) is 39.0 Å². The Morgan fingerprint density at radius 2 is 1.90 bits per heavy atom. The number of guanidine groups is 1. The van der Waals surface area contributed by atoms with E-state index in [9.17, 15) is 0 Å². The van der Waals surface area contributed by atoms with Crippen LogP contribution in [0.3, 0.4) is 0 Å². The zero-order chi connectivity index (χ0) is 19.9. The summed E-state index contributed by atoms with van der Waals surface area (Å²) in [4.78, 5) is 4.68. The molecule has 0 fully saturated rings. The Morgan fingerprint density at radius 3 is 2.69 bits per heavy atom. The second kappa shape index (κ2) is 16.5. The summed E-state index contributed by atoms with van der Waals surface area (Å²) in [7, 11) is 1.68. The molecule has 29 heavy (non-hydrogen) atoms. The Labute approximate surface area is 191 Å². The van der Waals surface area contributed by atoms with Gasteiger partial charge in [0.05, 0.1) is 26.4 Å². The van der Waals surface area contributed by atoms with E-state index in [1.54, 1.807) is 7.11 Å². The minimum Gasteiger partial charge on any atom is -0.490 e. The fourth-order valence-electron chi connectivity index (χ4n) is 2.70. The minimum absolute atomic E-state index is 0. The molecule has 0 aromatic heterocycles. The molecule has 1 aliphatic heterocycles. The number of halogens is 1. The smallest absolute Gasteiger partial charge is 0.195 e. The molecule has 1 aromatic carbocycles. The van der Waals surface area contributed by atoms with Crippen LogP contribution in [0.2, 0.25) is 0 Å². The highest BCUT2D eigenvalue weighted by molar-refractivity contribution is 14.0. The van der Waals surface area contributed by atoms with Gasteiger partial charge in [0.15, 0.2) is 17.5 Å². The van der Waals surface area contributed by atoms with Crippen LogP contribution in [0.5, 0.6) is 11.5 Å². The molecule has 0 aliphatic carbocycles. The van der Waals surface area contributed by atoms with Gasteiger partial charge in [-0.1, -0.05) is 19.8 Å². The van der Waals surface area contributed by atoms with Gasteiger partial charge in [0.2, 0.25) is 0 Å². The molecule has 0 spiro atoms. The number of nitrogens with zero attached hydrogens (tertiary/aromatic N) is 1. The number of hydrogen-bond acceptors (Lipinski definition) is 5. The number of unbranched alkanes of at least 4 members (excludes halogenated alkanes) is 2. The van der Waals surface area contributed by atoms with Gasteiger partial charge in [0.25, 0.3) is 0 Å². The van der Waals surface area contributed by atoms with Crippen LogP contribution < -0.4 is 20.1 Å². The van der Waals surface area contributed by atoms with Gasteiger partial charge in [0.1, 0.15) is 0 Å². The minimum atomic E-state index is 0. The van der Waals surface area contributed by atoms with Crippen molar-refractivity contribution in [1.29, 1.82) is 0 Å². The van der Waals surface area contributed by atoms with Gasteiger partial charge < -0.3 is 29.6 Å². The van der Waals surface area contributed by atoms with Crippen molar-refractivity contribution in [2.75, 3.05) is 58.6 Å². The first-order chi connectivity index (χ1) is 13.8. The number of aliphatic imine (C=N–C) groups is 1. The quantitative estimate of drug-likeness (QED) is 0.187. The molecule has 166 valence electrons. The summed E-state index contributed by atoms with van der Waals surface area (Å²) in [5, 5.41) is 6.79. The van der Waals surface area contributed by atoms with E-state index >= 15 is 0 Å². The van der Waals surface area contributed by atoms with Gasteiger partial charge in [-0.25, -0.2) is 0 Å². The van der Waals surface area contributed by atoms with E-state index in [-0.39, 0.29) is 24.0 Å². The highest BCUT2D eigenvalue weighted by Crippen LogP contribution is 2.32. The third-order valence-electron chi connectivity index (χ3n) is 4.23. The third-order valence-corrected chi connectivity index (χ3v) is 4.23. The molecule has 0 saturated carbocycles. The van der Waals surface area contributed by atoms with Crippen molar-refractivity contribution in [3.8, 4) is 11.5 Å². The van der Waals surface area contributed by atoms with Crippen LogP contribution in [-0.2, 0) is 9.47 Å². The molecule has 2 N–H and O–H groups in total. The van der Waals surface area contributed by atoms with Crippen LogP contribution in [0, 0.1) is 0 Å². The van der Waals surface area contributed by atoms with Gasteiger partial charge in [-0.2, -0.15) is 0 Å². The lowest BCUT2D eigenvalue weighted by atomic mass is 10.2. The Morgan fingerprint density at radius 1 is 1.07 bits per heavy atom. The predicted octanol–water partition coefficient (Wildman–Crippen LogP) is 4.07. The van der Waals surface area contributed by atoms with Crippen LogP contribution in [-0.4, -0.2) is 59.2 Å². The SMILES string of the molecule is CCCCCNC(=NCCCOCCOC)Nc1ccc2c(c1)OCCCO2.I. The van der Waals surface area contributed by atoms with E-state index in [0.29, 0.717) is 39.6 Å². The van der Waals surface area contributed by atoms with E-state index < -0.39 is 0 Å². The maximum atomic E-state index is 5.78. The number of hydrogen-bond donors (Lipinski definition) is 2. The summed E-state index contributed by atoms with van der Waals surface area (Å²) in [6, 6.07) is 5.91. The summed E-state index contributed by atoms with van der Waals surface area (Å²) in [5.74, 6) is 2.35. The molecule has 1 aliphatic rings. The normalized spacial score (nSPS) is 13.4. The van der Waals surface area contributed by atoms with Crippen molar-refractivity contribution in [1.82, 2.24) is 5.32 Å². The number of nitrogens with one attached hydrogen (secondary N) is 2. The molecule has 7 nitrogen and oxygen atoms in total. The Kier molecular flexibility index (Phi) is 14.7. The number of rotatable bonds is 12. The van der Waals surface area contributed by atoms with Crippen LogP contribution in [0.1, 0.15) is 39.0 Å². The fourth-order valence-corrected chi connectivity index (χ4v) is 2.70. The Balaban J connectivity index is 0.00000420. The number of fused-ring (bicyclic) bond motifs is 1. The number of methoxy groups -OCH3 is 1. The van der Waals surface area contributed by atoms with Gasteiger partial charge in [-0.15, -0.1) is 24.0 Å². The first-order valence-corrected chi connectivity index (χ1v) is 10.3. The summed E-state index contributed by atoms with van der Waals surface area (Å²) in [5.41, 5.74) is 0.933. The third kappa shape index (κ3) is 10.9. The summed E-state index contributed by atoms with van der Waals surface area (Å²) in [6.45, 7) is 7.09. The van der Waals surface area contributed by atoms with Crippen LogP contribution in [0.25, 0.3) is 0 Å². The molecule has 8 heteroatoms. The predicted molar refractivity (Wildman–Crippen MR) is 128 cm³/mol. The second-order valence-corrected chi connectivity index (χ2v) is 6.66. The molecule has 0 saturated heterocycles. The molecular weight excluding hydrogens is 485 g/mol. The average Bonchev–Trinajstić information content (AvgIpc) is 2.95. The fraction of sp³-hybridized carbons (Fsp3) is 0.667. The van der Waals surface area contributed by atoms with Crippen molar-refractivity contribution >= 4 is 35.6 Å². The largest absolute Gasteiger partial charge is 0.490 e. The van der Waals surface area contributed by atoms with E-state index in [1.807, 2.05) is 18.2 Å². The van der Waals surface area contributed by atoms with Gasteiger partial charge in [-0.05, 0) is 25.0 Å². The average molecular weight is 521 g/mol. The molecule has 0 amide bonds. The maximum Gasteiger partial charge on any atom is 0.195 e. The van der Waals surface area contributed by atoms with Crippen LogP contribution in [0.15, 0.2) is 23.2 Å². The van der Waals surface area contributed by atoms with Crippen LogP contribution in [0.4, 0.5) is 5.69 Å². The van der Waals surface area contributed by atoms with E-state index in [2.05, 4.69) is 22.5 Å². The topological polar surface area (TPSA) is 73.3 Å². The molecule has 2 rings (SSSR count). The second-order valence-electron chi connectivity index (χ2n) is 6.66. The number of ether oxygens (including phenoxy) is 4. The monoisotopic (exact) mass is 521 g/mol. The Hall–Kier alpha value is -1.26. The molecule has 0 atom stereocenters. The van der Waals surface area contributed by atoms with Crippen molar-refractivity contribution in [3.63, 3.8) is 0 Å². The molecular formula is C21H36IN3O4. The summed E-state index contributed by atoms with van der Waals surface area (Å²) >= 11 is 0. The van der Waals surface area contributed by atoms with Crippen molar-refractivity contribution in [3.05, 3.63) is 18.2 Å². The number of anilines is 1. The molecule has 1 heterocycles. The maximum absolute atomic E-state index is 5.78. The molecule has 1 aromatic rings. The highest BCUT2D eigenvalue weighted by atomic mass is 127. The lowest BCUT2D eigenvalue weighted by Crippen LogP contribution is -2.32. The van der Waals surface area contributed by atoms with Crippen molar-refractivity contribution < 1.29 is 18.9 Å². The lowest BCUT2D eigenvalue weighted by molar-refractivity contribution is 0.0702. The first kappa shape index (κ1) is 25.8. The van der Waals surface area contributed by atoms with Gasteiger partial charge in [-0.3, -0.25) is 4.99 Å². The highest BCUT2D eigenvalue weighted by Gasteiger charge is 2.11. The first-order valence-electron chi connectivity index (χ1n) is 10.3. The summed E-state index contributed by atoms with van der Waals surface area (Å²) < 4.78 is 21.9. The lowest BCUT2D eigenvalue weighted by Gasteiger charge is -2.14. The van der Waals surface area contributed by atoms with Gasteiger partial charge >= 0.3 is 0 Å². The number of benzene rings is 1. The summed E-state index contributed by atoms with van der Waals surface area (Å²) in [6.07, 6.45) is 5.29. The molecule has 0 radical (unpaired) electrons. The van der Waals surface area contributed by atoms with E-state index in [1.165, 1.54) is 12.8 Å². The van der Waals surface area contributed by atoms with Crippen LogP contribution >= 0.6 is 24.0 Å². The molecule has 0 unspecified atom stereocenters.